The van der Waals surface area contributed by atoms with Crippen LogP contribution < -0.4 is 5.32 Å². The summed E-state index contributed by atoms with van der Waals surface area (Å²) in [4.78, 5) is 15.7. The highest BCUT2D eigenvalue weighted by Gasteiger charge is 2.17. The van der Waals surface area contributed by atoms with Gasteiger partial charge in [-0.1, -0.05) is 18.3 Å². The number of carbonyl (C=O) groups is 1. The van der Waals surface area contributed by atoms with Crippen molar-refractivity contribution in [2.45, 2.75) is 33.2 Å². The first-order valence-electron chi connectivity index (χ1n) is 7.23. The van der Waals surface area contributed by atoms with Crippen LogP contribution in [0.25, 0.3) is 0 Å². The summed E-state index contributed by atoms with van der Waals surface area (Å²) in [5.41, 5.74) is 0. The van der Waals surface area contributed by atoms with Crippen LogP contribution in [0, 0.1) is 0 Å². The fraction of sp³-hybridized carbons (Fsp3) is 0.769. The number of amides is 1. The molecule has 0 saturated carbocycles. The van der Waals surface area contributed by atoms with Gasteiger partial charge >= 0.3 is 0 Å². The zero-order valence-corrected chi connectivity index (χ0v) is 13.1. The van der Waals surface area contributed by atoms with Gasteiger partial charge in [-0.3, -0.25) is 9.69 Å². The van der Waals surface area contributed by atoms with Crippen molar-refractivity contribution in [3.63, 3.8) is 0 Å². The van der Waals surface area contributed by atoms with Gasteiger partial charge in [-0.25, -0.2) is 0 Å². The normalized spacial score (nSPS) is 17.0. The lowest BCUT2D eigenvalue weighted by Crippen LogP contribution is -2.33. The van der Waals surface area contributed by atoms with Crippen molar-refractivity contribution in [1.29, 1.82) is 0 Å². The van der Waals surface area contributed by atoms with Crippen LogP contribution in [0.3, 0.4) is 0 Å². The quantitative estimate of drug-likeness (QED) is 0.890. The molecule has 1 fully saturated rings. The maximum Gasteiger partial charge on any atom is 0.219 e. The third-order valence-corrected chi connectivity index (χ3v) is 4.25. The monoisotopic (exact) mass is 297 g/mol. The molecule has 0 spiro atoms. The fourth-order valence-corrected chi connectivity index (χ4v) is 3.06. The Bertz CT molecular complexity index is 436. The van der Waals surface area contributed by atoms with E-state index in [1.807, 2.05) is 4.90 Å². The Morgan fingerprint density at radius 3 is 2.90 bits per heavy atom. The largest absolute Gasteiger partial charge is 0.360 e. The average Bonchev–Trinajstić information content (AvgIpc) is 2.72. The molecule has 1 aromatic heterocycles. The number of hydrogen-bond donors (Lipinski definition) is 1. The van der Waals surface area contributed by atoms with Crippen LogP contribution in [0.2, 0.25) is 0 Å². The molecule has 7 heteroatoms. The molecular formula is C13H23N5OS. The Labute approximate surface area is 124 Å². The van der Waals surface area contributed by atoms with Crippen LogP contribution in [-0.4, -0.2) is 58.6 Å². The summed E-state index contributed by atoms with van der Waals surface area (Å²) < 4.78 is 0. The van der Waals surface area contributed by atoms with Crippen molar-refractivity contribution in [3.05, 3.63) is 5.01 Å². The van der Waals surface area contributed by atoms with E-state index in [1.165, 1.54) is 0 Å². The van der Waals surface area contributed by atoms with Gasteiger partial charge in [-0.05, 0) is 12.8 Å². The summed E-state index contributed by atoms with van der Waals surface area (Å²) in [6.45, 7) is 9.15. The molecule has 0 aromatic carbocycles. The highest BCUT2D eigenvalue weighted by atomic mass is 32.1. The SMILES string of the molecule is CCCNc1nnc(CN2CCCN(C(C)=O)CC2)s1. The van der Waals surface area contributed by atoms with E-state index >= 15 is 0 Å². The number of nitrogens with one attached hydrogen (secondary N) is 1. The first kappa shape index (κ1) is 15.2. The molecule has 0 bridgehead atoms. The summed E-state index contributed by atoms with van der Waals surface area (Å²) in [6, 6.07) is 0. The molecule has 1 amide bonds. The molecular weight excluding hydrogens is 274 g/mol. The first-order valence-corrected chi connectivity index (χ1v) is 8.05. The Kier molecular flexibility index (Phi) is 5.72. The van der Waals surface area contributed by atoms with E-state index in [0.717, 1.165) is 62.2 Å². The Morgan fingerprint density at radius 1 is 1.30 bits per heavy atom. The molecule has 0 aliphatic carbocycles. The summed E-state index contributed by atoms with van der Waals surface area (Å²) in [6.07, 6.45) is 2.11. The van der Waals surface area contributed by atoms with Crippen LogP contribution in [0.4, 0.5) is 5.13 Å². The third kappa shape index (κ3) is 4.42. The predicted molar refractivity (Wildman–Crippen MR) is 80.8 cm³/mol. The van der Waals surface area contributed by atoms with E-state index in [9.17, 15) is 4.79 Å². The fourth-order valence-electron chi connectivity index (χ4n) is 2.26. The highest BCUT2D eigenvalue weighted by molar-refractivity contribution is 7.15. The van der Waals surface area contributed by atoms with Crippen molar-refractivity contribution in [3.8, 4) is 0 Å². The van der Waals surface area contributed by atoms with Crippen molar-refractivity contribution < 1.29 is 4.79 Å². The summed E-state index contributed by atoms with van der Waals surface area (Å²) in [5.74, 6) is 0.175. The van der Waals surface area contributed by atoms with E-state index in [4.69, 9.17) is 0 Å². The number of carbonyl (C=O) groups excluding carboxylic acids is 1. The van der Waals surface area contributed by atoms with Gasteiger partial charge in [-0.2, -0.15) is 0 Å². The van der Waals surface area contributed by atoms with Gasteiger partial charge in [0.2, 0.25) is 11.0 Å². The van der Waals surface area contributed by atoms with Crippen molar-refractivity contribution in [2.24, 2.45) is 0 Å². The van der Waals surface area contributed by atoms with Crippen LogP contribution in [0.1, 0.15) is 31.7 Å². The van der Waals surface area contributed by atoms with E-state index in [1.54, 1.807) is 18.3 Å². The molecule has 6 nitrogen and oxygen atoms in total. The lowest BCUT2D eigenvalue weighted by atomic mass is 10.4. The first-order chi connectivity index (χ1) is 9.69. The predicted octanol–water partition coefficient (Wildman–Crippen LogP) is 1.41. The Hall–Kier alpha value is -1.21. The molecule has 1 saturated heterocycles. The molecule has 0 radical (unpaired) electrons. The average molecular weight is 297 g/mol. The van der Waals surface area contributed by atoms with Crippen molar-refractivity contribution in [2.75, 3.05) is 38.0 Å². The third-order valence-electron chi connectivity index (χ3n) is 3.39. The number of anilines is 1. The van der Waals surface area contributed by atoms with E-state index < -0.39 is 0 Å². The molecule has 0 atom stereocenters. The van der Waals surface area contributed by atoms with Gasteiger partial charge in [0, 0.05) is 39.6 Å². The van der Waals surface area contributed by atoms with Gasteiger partial charge < -0.3 is 10.2 Å². The maximum absolute atomic E-state index is 11.4. The molecule has 112 valence electrons. The minimum atomic E-state index is 0.175. The Morgan fingerprint density at radius 2 is 2.15 bits per heavy atom. The number of hydrogen-bond acceptors (Lipinski definition) is 6. The highest BCUT2D eigenvalue weighted by Crippen LogP contribution is 2.17. The van der Waals surface area contributed by atoms with Crippen LogP contribution in [0.5, 0.6) is 0 Å². The lowest BCUT2D eigenvalue weighted by Gasteiger charge is -2.19. The molecule has 1 aliphatic heterocycles. The zero-order valence-electron chi connectivity index (χ0n) is 12.3. The smallest absolute Gasteiger partial charge is 0.219 e. The van der Waals surface area contributed by atoms with E-state index in [0.29, 0.717) is 0 Å². The minimum absolute atomic E-state index is 0.175. The summed E-state index contributed by atoms with van der Waals surface area (Å²) in [5, 5.41) is 13.6. The van der Waals surface area contributed by atoms with Crippen LogP contribution in [-0.2, 0) is 11.3 Å². The van der Waals surface area contributed by atoms with E-state index in [-0.39, 0.29) is 5.91 Å². The Balaban J connectivity index is 1.83. The second-order valence-electron chi connectivity index (χ2n) is 5.06. The van der Waals surface area contributed by atoms with Crippen LogP contribution in [0.15, 0.2) is 0 Å². The van der Waals surface area contributed by atoms with Gasteiger partial charge in [0.25, 0.3) is 0 Å². The molecule has 2 rings (SSSR count). The number of aromatic nitrogens is 2. The molecule has 0 unspecified atom stereocenters. The number of nitrogens with zero attached hydrogens (tertiary/aromatic N) is 4. The van der Waals surface area contributed by atoms with Gasteiger partial charge in [0.05, 0.1) is 6.54 Å². The summed E-state index contributed by atoms with van der Waals surface area (Å²) in [7, 11) is 0. The van der Waals surface area contributed by atoms with E-state index in [2.05, 4.69) is 27.3 Å². The molecule has 1 aromatic rings. The second kappa shape index (κ2) is 7.54. The zero-order chi connectivity index (χ0) is 14.4. The van der Waals surface area contributed by atoms with Crippen LogP contribution >= 0.6 is 11.3 Å². The summed E-state index contributed by atoms with van der Waals surface area (Å²) >= 11 is 1.62. The van der Waals surface area contributed by atoms with Gasteiger partial charge in [0.1, 0.15) is 5.01 Å². The topological polar surface area (TPSA) is 61.4 Å². The van der Waals surface area contributed by atoms with Crippen molar-refractivity contribution in [1.82, 2.24) is 20.0 Å². The molecule has 1 N–H and O–H groups in total. The lowest BCUT2D eigenvalue weighted by molar-refractivity contribution is -0.128. The molecule has 2 heterocycles. The molecule has 20 heavy (non-hydrogen) atoms. The van der Waals surface area contributed by atoms with Crippen molar-refractivity contribution >= 4 is 22.4 Å². The molecule has 1 aliphatic rings. The second-order valence-corrected chi connectivity index (χ2v) is 6.13. The van der Waals surface area contributed by atoms with Gasteiger partial charge in [0.15, 0.2) is 0 Å². The number of rotatable bonds is 5. The minimum Gasteiger partial charge on any atom is -0.360 e. The standard InChI is InChI=1S/C13H23N5OS/c1-3-5-14-13-16-15-12(20-13)10-17-6-4-7-18(9-8-17)11(2)19/h3-10H2,1-2H3,(H,14,16). The maximum atomic E-state index is 11.4. The van der Waals surface area contributed by atoms with Gasteiger partial charge in [-0.15, -0.1) is 10.2 Å².